The van der Waals surface area contributed by atoms with Crippen LogP contribution in [0, 0.1) is 0 Å². The number of hydrogen-bond acceptors (Lipinski definition) is 2. The van der Waals surface area contributed by atoms with Crippen molar-refractivity contribution in [2.75, 3.05) is 11.9 Å². The van der Waals surface area contributed by atoms with Crippen LogP contribution >= 0.6 is 0 Å². The highest BCUT2D eigenvalue weighted by atomic mass is 16.2. The van der Waals surface area contributed by atoms with E-state index in [1.165, 1.54) is 0 Å². The third kappa shape index (κ3) is 2.03. The molecule has 0 bridgehead atoms. The number of fused-ring (bicyclic) bond motifs is 1. The van der Waals surface area contributed by atoms with Crippen molar-refractivity contribution in [1.82, 2.24) is 10.3 Å². The molecule has 1 unspecified atom stereocenters. The Morgan fingerprint density at radius 2 is 2.29 bits per heavy atom. The molecule has 1 aliphatic rings. The van der Waals surface area contributed by atoms with Gasteiger partial charge >= 0.3 is 0 Å². The second-order valence-corrected chi connectivity index (χ2v) is 4.42. The summed E-state index contributed by atoms with van der Waals surface area (Å²) in [5.74, 6) is 0.0670. The first-order valence-electron chi connectivity index (χ1n) is 5.94. The number of H-pyrrole nitrogens is 1. The quantitative estimate of drug-likeness (QED) is 0.736. The van der Waals surface area contributed by atoms with Crippen LogP contribution < -0.4 is 10.6 Å². The average molecular weight is 229 g/mol. The van der Waals surface area contributed by atoms with Crippen LogP contribution in [-0.2, 0) is 4.79 Å². The van der Waals surface area contributed by atoms with Crippen LogP contribution in [0.2, 0.25) is 0 Å². The smallest absolute Gasteiger partial charge is 0.241 e. The van der Waals surface area contributed by atoms with Crippen molar-refractivity contribution in [3.8, 4) is 0 Å². The SMILES string of the molecule is O=C(Nc1ccc2[nH]ccc2c1)C1CCCN1. The molecule has 17 heavy (non-hydrogen) atoms. The summed E-state index contributed by atoms with van der Waals surface area (Å²) in [5, 5.41) is 7.25. The maximum Gasteiger partial charge on any atom is 0.241 e. The Hall–Kier alpha value is -1.81. The van der Waals surface area contributed by atoms with Crippen LogP contribution in [0.1, 0.15) is 12.8 Å². The van der Waals surface area contributed by atoms with Crippen LogP contribution in [-0.4, -0.2) is 23.5 Å². The Kier molecular flexibility index (Phi) is 2.57. The van der Waals surface area contributed by atoms with Gasteiger partial charge in [0.2, 0.25) is 5.91 Å². The van der Waals surface area contributed by atoms with Gasteiger partial charge in [-0.2, -0.15) is 0 Å². The van der Waals surface area contributed by atoms with Gasteiger partial charge in [0, 0.05) is 22.8 Å². The van der Waals surface area contributed by atoms with E-state index in [1.807, 2.05) is 30.5 Å². The van der Waals surface area contributed by atoms with E-state index in [9.17, 15) is 4.79 Å². The summed E-state index contributed by atoms with van der Waals surface area (Å²) in [6, 6.07) is 7.85. The second-order valence-electron chi connectivity index (χ2n) is 4.42. The van der Waals surface area contributed by atoms with Gasteiger partial charge in [-0.25, -0.2) is 0 Å². The van der Waals surface area contributed by atoms with Gasteiger partial charge in [-0.3, -0.25) is 4.79 Å². The molecule has 0 aliphatic carbocycles. The molecule has 2 aromatic rings. The highest BCUT2D eigenvalue weighted by Gasteiger charge is 2.21. The van der Waals surface area contributed by atoms with E-state index in [1.54, 1.807) is 0 Å². The minimum atomic E-state index is -0.0306. The molecule has 4 heteroatoms. The van der Waals surface area contributed by atoms with Crippen molar-refractivity contribution in [1.29, 1.82) is 0 Å². The number of hydrogen-bond donors (Lipinski definition) is 3. The van der Waals surface area contributed by atoms with Gasteiger partial charge in [0.1, 0.15) is 0 Å². The molecule has 2 heterocycles. The molecule has 1 atom stereocenters. The van der Waals surface area contributed by atoms with Gasteiger partial charge in [-0.15, -0.1) is 0 Å². The number of rotatable bonds is 2. The molecule has 1 aromatic carbocycles. The second kappa shape index (κ2) is 4.22. The van der Waals surface area contributed by atoms with Crippen LogP contribution in [0.25, 0.3) is 10.9 Å². The summed E-state index contributed by atoms with van der Waals surface area (Å²) in [6.45, 7) is 0.939. The summed E-state index contributed by atoms with van der Waals surface area (Å²) in [7, 11) is 0. The maximum absolute atomic E-state index is 11.9. The number of nitrogens with one attached hydrogen (secondary N) is 3. The van der Waals surface area contributed by atoms with Crippen molar-refractivity contribution in [2.45, 2.75) is 18.9 Å². The lowest BCUT2D eigenvalue weighted by molar-refractivity contribution is -0.117. The molecule has 3 rings (SSSR count). The first-order valence-corrected chi connectivity index (χ1v) is 5.94. The Labute approximate surface area is 99.4 Å². The predicted octanol–water partition coefficient (Wildman–Crippen LogP) is 1.86. The molecule has 1 amide bonds. The number of carbonyl (C=O) groups is 1. The number of carbonyl (C=O) groups excluding carboxylic acids is 1. The highest BCUT2D eigenvalue weighted by Crippen LogP contribution is 2.18. The number of anilines is 1. The van der Waals surface area contributed by atoms with Crippen LogP contribution in [0.5, 0.6) is 0 Å². The molecule has 88 valence electrons. The number of benzene rings is 1. The topological polar surface area (TPSA) is 56.9 Å². The lowest BCUT2D eigenvalue weighted by Gasteiger charge is -2.11. The highest BCUT2D eigenvalue weighted by molar-refractivity contribution is 5.97. The van der Waals surface area contributed by atoms with E-state index in [2.05, 4.69) is 15.6 Å². The van der Waals surface area contributed by atoms with Crippen molar-refractivity contribution < 1.29 is 4.79 Å². The van der Waals surface area contributed by atoms with E-state index in [4.69, 9.17) is 0 Å². The molecule has 1 aromatic heterocycles. The molecular formula is C13H15N3O. The minimum Gasteiger partial charge on any atom is -0.361 e. The van der Waals surface area contributed by atoms with Crippen molar-refractivity contribution in [3.63, 3.8) is 0 Å². The number of aromatic nitrogens is 1. The van der Waals surface area contributed by atoms with Crippen molar-refractivity contribution in [2.24, 2.45) is 0 Å². The lowest BCUT2D eigenvalue weighted by atomic mass is 10.2. The summed E-state index contributed by atoms with van der Waals surface area (Å²) < 4.78 is 0. The molecule has 1 fully saturated rings. The number of amides is 1. The van der Waals surface area contributed by atoms with Crippen LogP contribution in [0.15, 0.2) is 30.5 Å². The van der Waals surface area contributed by atoms with E-state index in [0.29, 0.717) is 0 Å². The Bertz CT molecular complexity index is 540. The number of aromatic amines is 1. The van der Waals surface area contributed by atoms with Gasteiger partial charge in [0.05, 0.1) is 6.04 Å². The first kappa shape index (κ1) is 10.4. The van der Waals surface area contributed by atoms with Gasteiger partial charge in [-0.05, 0) is 43.7 Å². The predicted molar refractivity (Wildman–Crippen MR) is 68.0 cm³/mol. The van der Waals surface area contributed by atoms with Gasteiger partial charge < -0.3 is 15.6 Å². The third-order valence-corrected chi connectivity index (χ3v) is 3.20. The Balaban J connectivity index is 1.77. The molecular weight excluding hydrogens is 214 g/mol. The minimum absolute atomic E-state index is 0.0306. The van der Waals surface area contributed by atoms with E-state index >= 15 is 0 Å². The molecule has 4 nitrogen and oxygen atoms in total. The third-order valence-electron chi connectivity index (χ3n) is 3.20. The van der Waals surface area contributed by atoms with Crippen LogP contribution in [0.3, 0.4) is 0 Å². The van der Waals surface area contributed by atoms with Gasteiger partial charge in [-0.1, -0.05) is 0 Å². The van der Waals surface area contributed by atoms with Crippen LogP contribution in [0.4, 0.5) is 5.69 Å². The Morgan fingerprint density at radius 1 is 1.35 bits per heavy atom. The fraction of sp³-hybridized carbons (Fsp3) is 0.308. The summed E-state index contributed by atoms with van der Waals surface area (Å²) in [4.78, 5) is 15.0. The molecule has 1 saturated heterocycles. The first-order chi connectivity index (χ1) is 8.33. The van der Waals surface area contributed by atoms with E-state index in [0.717, 1.165) is 36.0 Å². The molecule has 1 aliphatic heterocycles. The van der Waals surface area contributed by atoms with E-state index in [-0.39, 0.29) is 11.9 Å². The summed E-state index contributed by atoms with van der Waals surface area (Å²) in [6.07, 6.45) is 3.90. The lowest BCUT2D eigenvalue weighted by Crippen LogP contribution is -2.35. The maximum atomic E-state index is 11.9. The zero-order valence-corrected chi connectivity index (χ0v) is 9.49. The van der Waals surface area contributed by atoms with E-state index < -0.39 is 0 Å². The zero-order valence-electron chi connectivity index (χ0n) is 9.49. The molecule has 3 N–H and O–H groups in total. The largest absolute Gasteiger partial charge is 0.361 e. The zero-order chi connectivity index (χ0) is 11.7. The summed E-state index contributed by atoms with van der Waals surface area (Å²) >= 11 is 0. The summed E-state index contributed by atoms with van der Waals surface area (Å²) in [5.41, 5.74) is 1.94. The molecule has 0 spiro atoms. The Morgan fingerprint density at radius 3 is 3.12 bits per heavy atom. The monoisotopic (exact) mass is 229 g/mol. The fourth-order valence-corrected chi connectivity index (χ4v) is 2.27. The average Bonchev–Trinajstić information content (AvgIpc) is 2.99. The molecule has 0 radical (unpaired) electrons. The standard InChI is InChI=1S/C13H15N3O/c17-13(12-2-1-6-14-12)16-10-3-4-11-9(8-10)5-7-15-11/h3-5,7-8,12,14-15H,1-2,6H2,(H,16,17). The normalized spacial score (nSPS) is 19.6. The van der Waals surface area contributed by atoms with Gasteiger partial charge in [0.25, 0.3) is 0 Å². The van der Waals surface area contributed by atoms with Crippen molar-refractivity contribution >= 4 is 22.5 Å². The fourth-order valence-electron chi connectivity index (χ4n) is 2.27. The van der Waals surface area contributed by atoms with Gasteiger partial charge in [0.15, 0.2) is 0 Å². The van der Waals surface area contributed by atoms with Crippen molar-refractivity contribution in [3.05, 3.63) is 30.5 Å². The molecule has 0 saturated carbocycles.